The molecule has 5 rings (SSSR count). The minimum atomic E-state index is 0.113. The summed E-state index contributed by atoms with van der Waals surface area (Å²) in [7, 11) is 2.18. The Morgan fingerprint density at radius 3 is 2.71 bits per heavy atom. The molecule has 144 valence electrons. The van der Waals surface area contributed by atoms with E-state index in [1.807, 2.05) is 24.5 Å². The molecule has 3 heterocycles. The van der Waals surface area contributed by atoms with Crippen LogP contribution in [0.25, 0.3) is 21.9 Å². The molecule has 0 bridgehead atoms. The number of fused-ring (bicyclic) bond motifs is 1. The van der Waals surface area contributed by atoms with Crippen LogP contribution in [-0.4, -0.2) is 46.1 Å². The second-order valence-electron chi connectivity index (χ2n) is 8.52. The first kappa shape index (κ1) is 17.4. The minimum absolute atomic E-state index is 0.113. The molecule has 1 aliphatic carbocycles. The van der Waals surface area contributed by atoms with Gasteiger partial charge in [-0.3, -0.25) is 9.89 Å². The van der Waals surface area contributed by atoms with Crippen LogP contribution in [0.1, 0.15) is 25.7 Å². The van der Waals surface area contributed by atoms with Gasteiger partial charge in [-0.05, 0) is 74.3 Å². The highest BCUT2D eigenvalue weighted by molar-refractivity contribution is 5.95. The van der Waals surface area contributed by atoms with E-state index in [9.17, 15) is 4.79 Å². The van der Waals surface area contributed by atoms with E-state index in [1.165, 1.54) is 12.8 Å². The number of carbonyl (C=O) groups is 1. The van der Waals surface area contributed by atoms with E-state index in [2.05, 4.69) is 44.6 Å². The van der Waals surface area contributed by atoms with Gasteiger partial charge in [0.05, 0.1) is 6.20 Å². The number of nitrogens with zero attached hydrogens (tertiary/aromatic N) is 3. The van der Waals surface area contributed by atoms with Crippen molar-refractivity contribution in [1.29, 1.82) is 0 Å². The molecule has 0 atom stereocenters. The predicted molar refractivity (Wildman–Crippen MR) is 110 cm³/mol. The largest absolute Gasteiger partial charge is 0.310 e. The van der Waals surface area contributed by atoms with Gasteiger partial charge >= 0.3 is 0 Å². The number of hydrogen-bond acceptors (Lipinski definition) is 4. The lowest BCUT2D eigenvalue weighted by atomic mass is 9.57. The quantitative estimate of drug-likeness (QED) is 0.732. The average molecular weight is 375 g/mol. The van der Waals surface area contributed by atoms with Gasteiger partial charge in [-0.25, -0.2) is 4.98 Å². The molecule has 1 spiro atoms. The second kappa shape index (κ2) is 6.71. The molecule has 2 fully saturated rings. The Hall–Kier alpha value is -2.73. The maximum absolute atomic E-state index is 12.7. The van der Waals surface area contributed by atoms with Crippen molar-refractivity contribution in [3.63, 3.8) is 0 Å². The summed E-state index contributed by atoms with van der Waals surface area (Å²) >= 11 is 0. The number of nitrogens with one attached hydrogen (secondary N) is 2. The van der Waals surface area contributed by atoms with Crippen molar-refractivity contribution in [1.82, 2.24) is 20.1 Å². The van der Waals surface area contributed by atoms with Crippen LogP contribution in [0, 0.1) is 11.3 Å². The number of aromatic amines is 1. The number of carbonyl (C=O) groups excluding carboxylic acids is 1. The van der Waals surface area contributed by atoms with Crippen molar-refractivity contribution in [2.75, 3.05) is 25.5 Å². The number of rotatable bonds is 3. The highest BCUT2D eigenvalue weighted by Gasteiger charge is 2.48. The standard InChI is InChI=1S/C22H25N5O/c1-27-6-4-22(5-7-27)10-18(11-22)21(28)26-20-9-17-8-15(19-13-24-25-14-19)2-3-16(17)12-23-20/h2-3,8-9,12-14,18H,4-7,10-11H2,1H3,(H,24,25)(H,23,26,28). The summed E-state index contributed by atoms with van der Waals surface area (Å²) in [5, 5.41) is 12.0. The molecule has 1 saturated heterocycles. The lowest BCUT2D eigenvalue weighted by Gasteiger charge is -2.51. The van der Waals surface area contributed by atoms with Crippen molar-refractivity contribution in [3.05, 3.63) is 42.9 Å². The van der Waals surface area contributed by atoms with Gasteiger partial charge in [-0.15, -0.1) is 0 Å². The Balaban J connectivity index is 1.28. The van der Waals surface area contributed by atoms with Crippen molar-refractivity contribution < 1.29 is 4.79 Å². The summed E-state index contributed by atoms with van der Waals surface area (Å²) in [4.78, 5) is 19.5. The summed E-state index contributed by atoms with van der Waals surface area (Å²) < 4.78 is 0. The van der Waals surface area contributed by atoms with Gasteiger partial charge in [-0.1, -0.05) is 12.1 Å². The summed E-state index contributed by atoms with van der Waals surface area (Å²) in [6.07, 6.45) is 9.98. The Morgan fingerprint density at radius 2 is 1.96 bits per heavy atom. The number of anilines is 1. The monoisotopic (exact) mass is 375 g/mol. The third-order valence-electron chi connectivity index (χ3n) is 6.58. The number of pyridine rings is 1. The molecule has 2 N–H and O–H groups in total. The summed E-state index contributed by atoms with van der Waals surface area (Å²) in [6, 6.07) is 8.17. The normalized spacial score (nSPS) is 19.6. The van der Waals surface area contributed by atoms with Gasteiger partial charge < -0.3 is 10.2 Å². The highest BCUT2D eigenvalue weighted by atomic mass is 16.2. The zero-order valence-electron chi connectivity index (χ0n) is 16.1. The van der Waals surface area contributed by atoms with Crippen LogP contribution in [0.5, 0.6) is 0 Å². The zero-order valence-corrected chi connectivity index (χ0v) is 16.1. The minimum Gasteiger partial charge on any atom is -0.310 e. The average Bonchev–Trinajstić information content (AvgIpc) is 3.21. The first-order chi connectivity index (χ1) is 13.6. The van der Waals surface area contributed by atoms with Crippen molar-refractivity contribution in [3.8, 4) is 11.1 Å². The van der Waals surface area contributed by atoms with Gasteiger partial charge in [0.1, 0.15) is 5.82 Å². The van der Waals surface area contributed by atoms with Crippen molar-refractivity contribution >= 4 is 22.5 Å². The molecule has 1 amide bonds. The molecular weight excluding hydrogens is 350 g/mol. The number of aromatic nitrogens is 3. The molecule has 1 saturated carbocycles. The molecule has 6 nitrogen and oxygen atoms in total. The fraction of sp³-hybridized carbons (Fsp3) is 0.409. The van der Waals surface area contributed by atoms with Crippen LogP contribution in [-0.2, 0) is 4.79 Å². The Labute approximate surface area is 164 Å². The van der Waals surface area contributed by atoms with Crippen LogP contribution in [0.15, 0.2) is 42.9 Å². The number of piperidine rings is 1. The van der Waals surface area contributed by atoms with Crippen LogP contribution in [0.2, 0.25) is 0 Å². The summed E-state index contributed by atoms with van der Waals surface area (Å²) in [5.41, 5.74) is 2.54. The summed E-state index contributed by atoms with van der Waals surface area (Å²) in [5.74, 6) is 0.867. The molecule has 0 radical (unpaired) electrons. The van der Waals surface area contributed by atoms with E-state index < -0.39 is 0 Å². The third kappa shape index (κ3) is 3.18. The van der Waals surface area contributed by atoms with Gasteiger partial charge in [-0.2, -0.15) is 5.10 Å². The fourth-order valence-electron chi connectivity index (χ4n) is 4.70. The number of amides is 1. The fourth-order valence-corrected chi connectivity index (χ4v) is 4.70. The lowest BCUT2D eigenvalue weighted by molar-refractivity contribution is -0.129. The zero-order chi connectivity index (χ0) is 19.1. The van der Waals surface area contributed by atoms with E-state index in [1.54, 1.807) is 6.20 Å². The molecule has 2 aliphatic rings. The molecule has 28 heavy (non-hydrogen) atoms. The second-order valence-corrected chi connectivity index (χ2v) is 8.52. The van der Waals surface area contributed by atoms with Gasteiger partial charge in [0.25, 0.3) is 0 Å². The molecule has 3 aromatic rings. The first-order valence-corrected chi connectivity index (χ1v) is 9.99. The number of benzene rings is 1. The van der Waals surface area contributed by atoms with Crippen molar-refractivity contribution in [2.45, 2.75) is 25.7 Å². The van der Waals surface area contributed by atoms with Crippen molar-refractivity contribution in [2.24, 2.45) is 11.3 Å². The third-order valence-corrected chi connectivity index (χ3v) is 6.58. The van der Waals surface area contributed by atoms with E-state index in [4.69, 9.17) is 0 Å². The molecule has 2 aromatic heterocycles. The Bertz CT molecular complexity index is 997. The maximum atomic E-state index is 12.7. The van der Waals surface area contributed by atoms with Crippen LogP contribution < -0.4 is 5.32 Å². The Kier molecular flexibility index (Phi) is 4.16. The van der Waals surface area contributed by atoms with E-state index >= 15 is 0 Å². The van der Waals surface area contributed by atoms with Crippen LogP contribution >= 0.6 is 0 Å². The molecule has 1 aromatic carbocycles. The smallest absolute Gasteiger partial charge is 0.228 e. The first-order valence-electron chi connectivity index (χ1n) is 9.99. The molecule has 0 unspecified atom stereocenters. The molecular formula is C22H25N5O. The predicted octanol–water partition coefficient (Wildman–Crippen LogP) is 3.69. The van der Waals surface area contributed by atoms with E-state index in [0.717, 1.165) is 47.8 Å². The van der Waals surface area contributed by atoms with Gasteiger partial charge in [0.15, 0.2) is 0 Å². The summed E-state index contributed by atoms with van der Waals surface area (Å²) in [6.45, 7) is 2.30. The van der Waals surface area contributed by atoms with Crippen LogP contribution in [0.4, 0.5) is 5.82 Å². The SMILES string of the molecule is CN1CCC2(CC1)CC(C(=O)Nc1cc3cc(-c4cn[nH]c4)ccc3cn1)C2. The van der Waals surface area contributed by atoms with Gasteiger partial charge in [0, 0.05) is 29.3 Å². The van der Waals surface area contributed by atoms with E-state index in [-0.39, 0.29) is 11.8 Å². The number of likely N-dealkylation sites (tertiary alicyclic amines) is 1. The number of hydrogen-bond donors (Lipinski definition) is 2. The highest BCUT2D eigenvalue weighted by Crippen LogP contribution is 2.52. The topological polar surface area (TPSA) is 73.9 Å². The molecule has 6 heteroatoms. The molecule has 1 aliphatic heterocycles. The lowest BCUT2D eigenvalue weighted by Crippen LogP contribution is -2.49. The number of H-pyrrole nitrogens is 1. The van der Waals surface area contributed by atoms with Gasteiger partial charge in [0.2, 0.25) is 5.91 Å². The maximum Gasteiger partial charge on any atom is 0.228 e. The van der Waals surface area contributed by atoms with E-state index in [0.29, 0.717) is 11.2 Å². The van der Waals surface area contributed by atoms with Crippen LogP contribution in [0.3, 0.4) is 0 Å². The Morgan fingerprint density at radius 1 is 1.14 bits per heavy atom.